The van der Waals surface area contributed by atoms with Gasteiger partial charge in [0.2, 0.25) is 0 Å². The molecule has 1 heterocycles. The van der Waals surface area contributed by atoms with E-state index in [1.165, 1.54) is 49.7 Å². The van der Waals surface area contributed by atoms with Crippen LogP contribution in [0.25, 0.3) is 66.6 Å². The summed E-state index contributed by atoms with van der Waals surface area (Å²) in [4.78, 5) is 11.0. The van der Waals surface area contributed by atoms with Crippen molar-refractivity contribution < 1.29 is 0 Å². The van der Waals surface area contributed by atoms with Crippen LogP contribution >= 0.6 is 0 Å². The minimum atomic E-state index is -0.515. The number of fused-ring (bicyclic) bond motifs is 5. The van der Waals surface area contributed by atoms with Crippen molar-refractivity contribution in [1.82, 2.24) is 9.97 Å². The van der Waals surface area contributed by atoms with Gasteiger partial charge in [-0.1, -0.05) is 182 Å². The molecule has 10 rings (SSSR count). The van der Waals surface area contributed by atoms with Crippen LogP contribution in [0.3, 0.4) is 0 Å². The normalized spacial score (nSPS) is 12.9. The summed E-state index contributed by atoms with van der Waals surface area (Å²) < 4.78 is 0. The molecule has 1 aliphatic carbocycles. The molecule has 0 aliphatic heterocycles. The third kappa shape index (κ3) is 4.43. The molecular formula is C49H32N2. The van der Waals surface area contributed by atoms with Gasteiger partial charge in [-0.3, -0.25) is 0 Å². The first kappa shape index (κ1) is 29.3. The molecule has 0 fully saturated rings. The molecule has 0 amide bonds. The van der Waals surface area contributed by atoms with Crippen molar-refractivity contribution in [2.45, 2.75) is 5.41 Å². The lowest BCUT2D eigenvalue weighted by Crippen LogP contribution is -2.28. The number of hydrogen-bond acceptors (Lipinski definition) is 2. The molecule has 0 radical (unpaired) electrons. The highest BCUT2D eigenvalue weighted by Gasteiger charge is 2.47. The van der Waals surface area contributed by atoms with Crippen molar-refractivity contribution >= 4 is 21.8 Å². The van der Waals surface area contributed by atoms with E-state index in [0.717, 1.165) is 39.1 Å². The van der Waals surface area contributed by atoms with Crippen LogP contribution < -0.4 is 0 Å². The minimum absolute atomic E-state index is 0.515. The van der Waals surface area contributed by atoms with Gasteiger partial charge in [0, 0.05) is 16.7 Å². The van der Waals surface area contributed by atoms with Crippen molar-refractivity contribution in [3.05, 3.63) is 216 Å². The maximum atomic E-state index is 5.58. The van der Waals surface area contributed by atoms with Crippen LogP contribution in [0.15, 0.2) is 194 Å². The molecule has 51 heavy (non-hydrogen) atoms. The lowest BCUT2D eigenvalue weighted by atomic mass is 9.67. The molecule has 0 bridgehead atoms. The van der Waals surface area contributed by atoms with Crippen LogP contribution in [0.5, 0.6) is 0 Å². The zero-order valence-corrected chi connectivity index (χ0v) is 27.9. The van der Waals surface area contributed by atoms with Gasteiger partial charge >= 0.3 is 0 Å². The van der Waals surface area contributed by atoms with Gasteiger partial charge in [-0.2, -0.15) is 0 Å². The molecule has 1 aliphatic rings. The van der Waals surface area contributed by atoms with E-state index in [0.29, 0.717) is 0 Å². The summed E-state index contributed by atoms with van der Waals surface area (Å²) >= 11 is 0. The summed E-state index contributed by atoms with van der Waals surface area (Å²) in [5.74, 6) is 0. The molecule has 0 saturated heterocycles. The van der Waals surface area contributed by atoms with Gasteiger partial charge in [0.05, 0.1) is 27.8 Å². The van der Waals surface area contributed by atoms with Gasteiger partial charge in [0.15, 0.2) is 0 Å². The zero-order chi connectivity index (χ0) is 33.8. The van der Waals surface area contributed by atoms with Gasteiger partial charge in [-0.05, 0) is 61.8 Å². The Kier molecular flexibility index (Phi) is 6.75. The van der Waals surface area contributed by atoms with E-state index in [4.69, 9.17) is 9.97 Å². The Bertz CT molecular complexity index is 2680. The molecule has 0 saturated carbocycles. The second-order valence-electron chi connectivity index (χ2n) is 13.2. The standard InChI is InChI=1S/C49H32N2/c1-5-18-33(19-6-1)46-47(34-20-7-2-8-21-34)51-48-40(29-17-31-43(48)50-46)44-38-27-14-13-22-35(38)32-42-45(44)39-28-15-16-30-41(39)49(42,36-23-9-3-10-24-36)37-25-11-4-12-26-37/h1-32H. The van der Waals surface area contributed by atoms with Gasteiger partial charge in [0.25, 0.3) is 0 Å². The number of hydrogen-bond donors (Lipinski definition) is 0. The molecule has 238 valence electrons. The number of para-hydroxylation sites is 1. The van der Waals surface area contributed by atoms with E-state index >= 15 is 0 Å². The van der Waals surface area contributed by atoms with Crippen LogP contribution in [0.2, 0.25) is 0 Å². The topological polar surface area (TPSA) is 25.8 Å². The number of aromatic nitrogens is 2. The van der Waals surface area contributed by atoms with Crippen LogP contribution in [0, 0.1) is 0 Å². The largest absolute Gasteiger partial charge is 0.244 e. The van der Waals surface area contributed by atoms with Crippen molar-refractivity contribution in [3.63, 3.8) is 0 Å². The Morgan fingerprint density at radius 2 is 0.902 bits per heavy atom. The molecule has 0 unspecified atom stereocenters. The molecule has 1 aromatic heterocycles. The SMILES string of the molecule is c1ccc(-c2nc3cccc(-c4c5c(cc6ccccc46)C(c4ccccc4)(c4ccccc4)c4ccccc4-5)c3nc2-c2ccccc2)cc1. The predicted octanol–water partition coefficient (Wildman–Crippen LogP) is 12.1. The quantitative estimate of drug-likeness (QED) is 0.186. The highest BCUT2D eigenvalue weighted by Crippen LogP contribution is 2.60. The fourth-order valence-corrected chi connectivity index (χ4v) is 8.41. The Labute approximate surface area is 297 Å². The Hall–Kier alpha value is -6.64. The van der Waals surface area contributed by atoms with Crippen LogP contribution in [-0.4, -0.2) is 9.97 Å². The second kappa shape index (κ2) is 11.8. The summed E-state index contributed by atoms with van der Waals surface area (Å²) in [7, 11) is 0. The number of nitrogens with zero attached hydrogens (tertiary/aromatic N) is 2. The van der Waals surface area contributed by atoms with Crippen LogP contribution in [0.4, 0.5) is 0 Å². The Balaban J connectivity index is 1.36. The maximum absolute atomic E-state index is 5.58. The summed E-state index contributed by atoms with van der Waals surface area (Å²) in [6.07, 6.45) is 0. The molecule has 8 aromatic carbocycles. The van der Waals surface area contributed by atoms with Gasteiger partial charge in [-0.25, -0.2) is 9.97 Å². The molecule has 0 N–H and O–H groups in total. The maximum Gasteiger partial charge on any atom is 0.0973 e. The van der Waals surface area contributed by atoms with E-state index in [1.807, 2.05) is 12.1 Å². The molecule has 9 aromatic rings. The Morgan fingerprint density at radius 1 is 0.373 bits per heavy atom. The fourth-order valence-electron chi connectivity index (χ4n) is 8.41. The summed E-state index contributed by atoms with van der Waals surface area (Å²) in [6, 6.07) is 69.6. The highest BCUT2D eigenvalue weighted by molar-refractivity contribution is 6.13. The smallest absolute Gasteiger partial charge is 0.0973 e. The van der Waals surface area contributed by atoms with Gasteiger partial charge in [-0.15, -0.1) is 0 Å². The third-order valence-electron chi connectivity index (χ3n) is 10.5. The van der Waals surface area contributed by atoms with Crippen LogP contribution in [-0.2, 0) is 5.41 Å². The number of rotatable bonds is 5. The van der Waals surface area contributed by atoms with Crippen molar-refractivity contribution in [1.29, 1.82) is 0 Å². The van der Waals surface area contributed by atoms with E-state index in [-0.39, 0.29) is 0 Å². The van der Waals surface area contributed by atoms with Crippen molar-refractivity contribution in [2.24, 2.45) is 0 Å². The summed E-state index contributed by atoms with van der Waals surface area (Å²) in [6.45, 7) is 0. The summed E-state index contributed by atoms with van der Waals surface area (Å²) in [5.41, 5.74) is 14.9. The van der Waals surface area contributed by atoms with E-state index in [9.17, 15) is 0 Å². The lowest BCUT2D eigenvalue weighted by molar-refractivity contribution is 0.769. The third-order valence-corrected chi connectivity index (χ3v) is 10.5. The average molecular weight is 649 g/mol. The van der Waals surface area contributed by atoms with Gasteiger partial charge < -0.3 is 0 Å². The predicted molar refractivity (Wildman–Crippen MR) is 211 cm³/mol. The van der Waals surface area contributed by atoms with E-state index < -0.39 is 5.41 Å². The summed E-state index contributed by atoms with van der Waals surface area (Å²) in [5, 5.41) is 2.40. The zero-order valence-electron chi connectivity index (χ0n) is 27.9. The van der Waals surface area contributed by atoms with Gasteiger partial charge in [0.1, 0.15) is 0 Å². The van der Waals surface area contributed by atoms with E-state index in [2.05, 4.69) is 182 Å². The van der Waals surface area contributed by atoms with Crippen molar-refractivity contribution in [2.75, 3.05) is 0 Å². The monoisotopic (exact) mass is 648 g/mol. The Morgan fingerprint density at radius 3 is 1.57 bits per heavy atom. The highest BCUT2D eigenvalue weighted by atomic mass is 14.8. The first-order chi connectivity index (χ1) is 25.3. The van der Waals surface area contributed by atoms with E-state index in [1.54, 1.807) is 0 Å². The van der Waals surface area contributed by atoms with Crippen molar-refractivity contribution in [3.8, 4) is 44.8 Å². The minimum Gasteiger partial charge on any atom is -0.244 e. The second-order valence-corrected chi connectivity index (χ2v) is 13.2. The first-order valence-corrected chi connectivity index (χ1v) is 17.5. The fraction of sp³-hybridized carbons (Fsp3) is 0.0204. The number of benzene rings is 8. The van der Waals surface area contributed by atoms with Crippen LogP contribution in [0.1, 0.15) is 22.3 Å². The molecule has 2 heteroatoms. The first-order valence-electron chi connectivity index (χ1n) is 17.5. The molecule has 0 atom stereocenters. The lowest BCUT2D eigenvalue weighted by Gasteiger charge is -2.34. The average Bonchev–Trinajstić information content (AvgIpc) is 3.51. The molecule has 2 nitrogen and oxygen atoms in total. The molecule has 0 spiro atoms. The molecular weight excluding hydrogens is 617 g/mol.